The Labute approximate surface area is 486 Å². The highest BCUT2D eigenvalue weighted by Crippen LogP contribution is 2.21. The number of rotatable bonds is 56. The highest BCUT2D eigenvalue weighted by molar-refractivity contribution is 5.76. The van der Waals surface area contributed by atoms with Gasteiger partial charge in [0.25, 0.3) is 0 Å². The van der Waals surface area contributed by atoms with E-state index in [0.29, 0.717) is 91.6 Å². The first-order chi connectivity index (χ1) is 38.0. The van der Waals surface area contributed by atoms with Gasteiger partial charge >= 0.3 is 0 Å². The SMILES string of the molecule is C.CCNC(=O)CCCCCCC(C)CCCCC(C)CCCCCCC(=O)NCCOCCO.CCNC(=O)CCCCCCCCCCCCCCCCCCC(=O)NCCOCCO.CCOCCO.CCOCCO. The summed E-state index contributed by atoms with van der Waals surface area (Å²) in [6.45, 7) is 19.3. The van der Waals surface area contributed by atoms with E-state index < -0.39 is 0 Å². The zero-order valence-corrected chi connectivity index (χ0v) is 51.6. The first-order valence-electron chi connectivity index (χ1n) is 31.8. The fourth-order valence-electron chi connectivity index (χ4n) is 8.61. The summed E-state index contributed by atoms with van der Waals surface area (Å²) in [6, 6.07) is 0. The molecule has 8 N–H and O–H groups in total. The molecule has 0 fully saturated rings. The van der Waals surface area contributed by atoms with Gasteiger partial charge in [0.2, 0.25) is 23.6 Å². The molecule has 79 heavy (non-hydrogen) atoms. The fraction of sp³-hybridized carbons (Fsp3) is 0.937. The second-order valence-corrected chi connectivity index (χ2v) is 20.7. The van der Waals surface area contributed by atoms with Crippen LogP contribution in [0.5, 0.6) is 0 Å². The number of amides is 4. The average molecular weight is 1140 g/mol. The summed E-state index contributed by atoms with van der Waals surface area (Å²) in [5, 5.41) is 44.8. The minimum atomic E-state index is 0. The van der Waals surface area contributed by atoms with E-state index in [1.165, 1.54) is 154 Å². The van der Waals surface area contributed by atoms with Gasteiger partial charge in [0.1, 0.15) is 0 Å². The summed E-state index contributed by atoms with van der Waals surface area (Å²) in [7, 11) is 0. The Hall–Kier alpha value is -2.44. The summed E-state index contributed by atoms with van der Waals surface area (Å²) in [5.74, 6) is 2.24. The van der Waals surface area contributed by atoms with Crippen molar-refractivity contribution in [2.75, 3.05) is 105 Å². The lowest BCUT2D eigenvalue weighted by Crippen LogP contribution is -2.27. The molecule has 0 saturated heterocycles. The number of carbonyl (C=O) groups excluding carboxylic acids is 4. The van der Waals surface area contributed by atoms with Crippen molar-refractivity contribution in [1.29, 1.82) is 0 Å². The highest BCUT2D eigenvalue weighted by Gasteiger charge is 2.07. The molecule has 0 aromatic rings. The van der Waals surface area contributed by atoms with Crippen molar-refractivity contribution < 1.29 is 58.6 Å². The van der Waals surface area contributed by atoms with E-state index >= 15 is 0 Å². The van der Waals surface area contributed by atoms with E-state index in [1.807, 2.05) is 27.7 Å². The van der Waals surface area contributed by atoms with Crippen LogP contribution in [0.25, 0.3) is 0 Å². The summed E-state index contributed by atoms with van der Waals surface area (Å²) in [6.07, 6.45) is 40.2. The molecule has 476 valence electrons. The van der Waals surface area contributed by atoms with Crippen molar-refractivity contribution in [3.8, 4) is 0 Å². The van der Waals surface area contributed by atoms with Crippen LogP contribution < -0.4 is 21.3 Å². The van der Waals surface area contributed by atoms with E-state index in [4.69, 9.17) is 39.4 Å². The van der Waals surface area contributed by atoms with Crippen LogP contribution in [-0.2, 0) is 38.1 Å². The van der Waals surface area contributed by atoms with Crippen LogP contribution >= 0.6 is 0 Å². The van der Waals surface area contributed by atoms with Gasteiger partial charge < -0.3 is 60.6 Å². The lowest BCUT2D eigenvalue weighted by molar-refractivity contribution is -0.122. The molecule has 0 radical (unpaired) electrons. The third kappa shape index (κ3) is 84.5. The topological polar surface area (TPSA) is 234 Å². The standard InChI is InChI=1S/C28H56N2O4.C26H52N2O4.2C4H10O2.CH4/c1-4-29-27(32)19-11-7-5-9-15-25(2)17-13-14-18-26(3)16-10-6-8-12-20-28(33)30-21-23-34-24-22-31;1-2-27-25(30)19-17-15-13-11-9-7-5-3-4-6-8-10-12-14-16-18-20-26(31)28-21-23-32-24-22-29;2*1-2-6-4-3-5;/h25-26,31H,4-24H2,1-3H3,(H,29,32)(H,30,33);29H,2-24H2,1H3,(H,27,30)(H,28,31);2*5H,2-4H2,1H3;1H4. The maximum absolute atomic E-state index is 11.7. The number of unbranched alkanes of at least 4 members (excludes halogenated alkanes) is 22. The lowest BCUT2D eigenvalue weighted by atomic mass is 9.93. The predicted molar refractivity (Wildman–Crippen MR) is 328 cm³/mol. The molecule has 0 rings (SSSR count). The number of ether oxygens (including phenoxy) is 4. The molecule has 0 aliphatic rings. The Morgan fingerprint density at radius 2 is 0.532 bits per heavy atom. The summed E-state index contributed by atoms with van der Waals surface area (Å²) >= 11 is 0. The van der Waals surface area contributed by atoms with Crippen molar-refractivity contribution >= 4 is 23.6 Å². The third-order valence-corrected chi connectivity index (χ3v) is 13.1. The van der Waals surface area contributed by atoms with Crippen LogP contribution in [0.4, 0.5) is 0 Å². The van der Waals surface area contributed by atoms with Gasteiger partial charge in [-0.1, -0.05) is 188 Å². The van der Waals surface area contributed by atoms with E-state index in [1.54, 1.807) is 0 Å². The van der Waals surface area contributed by atoms with Crippen LogP contribution in [0, 0.1) is 11.8 Å². The molecule has 0 aromatic carbocycles. The Morgan fingerprint density at radius 1 is 0.316 bits per heavy atom. The summed E-state index contributed by atoms with van der Waals surface area (Å²) < 4.78 is 19.7. The Balaban J connectivity index is -0.000000377. The van der Waals surface area contributed by atoms with Gasteiger partial charge in [-0.15, -0.1) is 0 Å². The van der Waals surface area contributed by atoms with Crippen LogP contribution in [0.15, 0.2) is 0 Å². The van der Waals surface area contributed by atoms with E-state index in [9.17, 15) is 19.2 Å². The zero-order valence-electron chi connectivity index (χ0n) is 51.6. The molecule has 0 bridgehead atoms. The van der Waals surface area contributed by atoms with Gasteiger partial charge in [0.15, 0.2) is 0 Å². The third-order valence-electron chi connectivity index (χ3n) is 13.1. The molecule has 0 spiro atoms. The average Bonchev–Trinajstić information content (AvgIpc) is 3.43. The number of nitrogens with one attached hydrogen (secondary N) is 4. The van der Waals surface area contributed by atoms with Gasteiger partial charge in [-0.05, 0) is 65.2 Å². The number of aliphatic hydroxyl groups excluding tert-OH is 4. The fourth-order valence-corrected chi connectivity index (χ4v) is 8.61. The summed E-state index contributed by atoms with van der Waals surface area (Å²) in [5.41, 5.74) is 0. The Bertz CT molecular complexity index is 1180. The smallest absolute Gasteiger partial charge is 0.220 e. The lowest BCUT2D eigenvalue weighted by Gasteiger charge is -2.13. The minimum Gasteiger partial charge on any atom is -0.394 e. The normalized spacial score (nSPS) is 11.4. The van der Waals surface area contributed by atoms with Gasteiger partial charge in [-0.2, -0.15) is 0 Å². The van der Waals surface area contributed by atoms with Crippen LogP contribution in [-0.4, -0.2) is 150 Å². The number of aliphatic hydroxyl groups is 4. The van der Waals surface area contributed by atoms with Gasteiger partial charge in [0.05, 0.1) is 66.1 Å². The second kappa shape index (κ2) is 77.6. The molecule has 4 amide bonds. The number of hydrogen-bond donors (Lipinski definition) is 8. The van der Waals surface area contributed by atoms with E-state index in [2.05, 4.69) is 35.1 Å². The number of carbonyl (C=O) groups is 4. The molecular formula is C63H132N4O12. The maximum Gasteiger partial charge on any atom is 0.220 e. The van der Waals surface area contributed by atoms with Crippen LogP contribution in [0.3, 0.4) is 0 Å². The predicted octanol–water partition coefficient (Wildman–Crippen LogP) is 11.7. The van der Waals surface area contributed by atoms with Crippen molar-refractivity contribution in [3.63, 3.8) is 0 Å². The molecule has 0 heterocycles. The van der Waals surface area contributed by atoms with Crippen molar-refractivity contribution in [2.45, 2.75) is 267 Å². The molecular weight excluding hydrogens is 1000 g/mol. The molecule has 2 unspecified atom stereocenters. The molecule has 0 aliphatic heterocycles. The summed E-state index contributed by atoms with van der Waals surface area (Å²) in [4.78, 5) is 46.1. The minimum absolute atomic E-state index is 0. The van der Waals surface area contributed by atoms with Crippen LogP contribution in [0.1, 0.15) is 267 Å². The van der Waals surface area contributed by atoms with Crippen molar-refractivity contribution in [2.24, 2.45) is 11.8 Å². The maximum atomic E-state index is 11.7. The molecule has 16 nitrogen and oxygen atoms in total. The van der Waals surface area contributed by atoms with E-state index in [0.717, 1.165) is 63.5 Å². The van der Waals surface area contributed by atoms with Gasteiger partial charge in [-0.25, -0.2) is 0 Å². The molecule has 2 atom stereocenters. The first-order valence-corrected chi connectivity index (χ1v) is 31.8. The zero-order chi connectivity index (χ0) is 58.5. The second-order valence-electron chi connectivity index (χ2n) is 20.7. The molecule has 0 aromatic heterocycles. The van der Waals surface area contributed by atoms with Crippen molar-refractivity contribution in [3.05, 3.63) is 0 Å². The van der Waals surface area contributed by atoms with E-state index in [-0.39, 0.29) is 57.5 Å². The van der Waals surface area contributed by atoms with Crippen molar-refractivity contribution in [1.82, 2.24) is 21.3 Å². The first kappa shape index (κ1) is 85.4. The molecule has 0 aliphatic carbocycles. The molecule has 0 saturated carbocycles. The largest absolute Gasteiger partial charge is 0.394 e. The molecule has 16 heteroatoms. The Kier molecular flexibility index (Phi) is 83.9. The quantitative estimate of drug-likeness (QED) is 0.0266. The number of hydrogen-bond acceptors (Lipinski definition) is 12. The Morgan fingerprint density at radius 3 is 0.759 bits per heavy atom. The monoisotopic (exact) mass is 1140 g/mol. The van der Waals surface area contributed by atoms with Crippen LogP contribution in [0.2, 0.25) is 0 Å². The van der Waals surface area contributed by atoms with Gasteiger partial charge in [0, 0.05) is 65.1 Å². The van der Waals surface area contributed by atoms with Gasteiger partial charge in [-0.3, -0.25) is 19.2 Å². The highest BCUT2D eigenvalue weighted by atomic mass is 16.5.